The molecule has 0 fully saturated rings. The van der Waals surface area contributed by atoms with Gasteiger partial charge in [0.2, 0.25) is 0 Å². The number of halogens is 1. The second kappa shape index (κ2) is 5.55. The van der Waals surface area contributed by atoms with Crippen LogP contribution in [0.1, 0.15) is 21.5 Å². The Bertz CT molecular complexity index is 647. The van der Waals surface area contributed by atoms with E-state index in [4.69, 9.17) is 11.6 Å². The zero-order valence-corrected chi connectivity index (χ0v) is 12.4. The molecular formula is C16H16ClNO2. The molecule has 0 atom stereocenters. The third kappa shape index (κ3) is 2.94. The summed E-state index contributed by atoms with van der Waals surface area (Å²) in [5.41, 5.74) is 3.47. The summed E-state index contributed by atoms with van der Waals surface area (Å²) in [5.74, 6) is -0.200. The van der Waals surface area contributed by atoms with Gasteiger partial charge in [0.15, 0.2) is 0 Å². The van der Waals surface area contributed by atoms with Crippen LogP contribution in [0.25, 0.3) is 0 Å². The number of aromatic hydroxyl groups is 1. The Hall–Kier alpha value is -2.00. The van der Waals surface area contributed by atoms with Gasteiger partial charge in [-0.3, -0.25) is 4.79 Å². The van der Waals surface area contributed by atoms with E-state index >= 15 is 0 Å². The number of hydrogen-bond donors (Lipinski definition) is 1. The number of rotatable bonds is 2. The van der Waals surface area contributed by atoms with Gasteiger partial charge in [0, 0.05) is 18.3 Å². The molecule has 0 saturated heterocycles. The maximum Gasteiger partial charge on any atom is 0.258 e. The Morgan fingerprint density at radius 2 is 1.70 bits per heavy atom. The number of aryl methyl sites for hydroxylation is 2. The summed E-state index contributed by atoms with van der Waals surface area (Å²) in [6.07, 6.45) is 0. The lowest BCUT2D eigenvalue weighted by molar-refractivity contribution is 0.0993. The van der Waals surface area contributed by atoms with Crippen molar-refractivity contribution in [1.82, 2.24) is 0 Å². The van der Waals surface area contributed by atoms with Crippen LogP contribution in [0.4, 0.5) is 5.69 Å². The van der Waals surface area contributed by atoms with Crippen molar-refractivity contribution < 1.29 is 9.90 Å². The van der Waals surface area contributed by atoms with Gasteiger partial charge in [-0.2, -0.15) is 0 Å². The number of anilines is 1. The summed E-state index contributed by atoms with van der Waals surface area (Å²) < 4.78 is 0. The average Bonchev–Trinajstić information content (AvgIpc) is 2.39. The molecule has 3 nitrogen and oxygen atoms in total. The normalized spacial score (nSPS) is 10.4. The summed E-state index contributed by atoms with van der Waals surface area (Å²) in [7, 11) is 1.72. The van der Waals surface area contributed by atoms with Crippen LogP contribution in [0, 0.1) is 13.8 Å². The van der Waals surface area contributed by atoms with Crippen LogP contribution in [-0.2, 0) is 0 Å². The third-order valence-electron chi connectivity index (χ3n) is 3.09. The van der Waals surface area contributed by atoms with E-state index in [2.05, 4.69) is 6.07 Å². The summed E-state index contributed by atoms with van der Waals surface area (Å²) in [5, 5.41) is 9.57. The van der Waals surface area contributed by atoms with Crippen molar-refractivity contribution in [2.75, 3.05) is 11.9 Å². The maximum absolute atomic E-state index is 12.4. The fraction of sp³-hybridized carbons (Fsp3) is 0.188. The minimum atomic E-state index is -0.170. The molecule has 0 bridgehead atoms. The first kappa shape index (κ1) is 14.4. The number of carbonyl (C=O) groups excluding carboxylic acids is 1. The molecule has 0 radical (unpaired) electrons. The number of benzene rings is 2. The number of hydrogen-bond acceptors (Lipinski definition) is 2. The third-order valence-corrected chi connectivity index (χ3v) is 3.40. The first-order valence-corrected chi connectivity index (χ1v) is 6.61. The molecule has 0 aliphatic carbocycles. The molecule has 0 heterocycles. The Morgan fingerprint density at radius 1 is 1.10 bits per heavy atom. The standard InChI is InChI=1S/C16H16ClNO2/c1-10-6-11(2)8-13(7-10)18(3)16(20)12-4-5-15(19)14(17)9-12/h4-9,19H,1-3H3. The van der Waals surface area contributed by atoms with Crippen LogP contribution < -0.4 is 4.90 Å². The van der Waals surface area contributed by atoms with Gasteiger partial charge in [-0.15, -0.1) is 0 Å². The van der Waals surface area contributed by atoms with E-state index in [9.17, 15) is 9.90 Å². The molecule has 0 spiro atoms. The molecule has 104 valence electrons. The molecule has 0 saturated carbocycles. The lowest BCUT2D eigenvalue weighted by Gasteiger charge is -2.19. The topological polar surface area (TPSA) is 40.5 Å². The largest absolute Gasteiger partial charge is 0.506 e. The van der Waals surface area contributed by atoms with Crippen LogP contribution in [0.2, 0.25) is 5.02 Å². The van der Waals surface area contributed by atoms with E-state index in [1.165, 1.54) is 12.1 Å². The van der Waals surface area contributed by atoms with E-state index in [0.29, 0.717) is 5.56 Å². The van der Waals surface area contributed by atoms with Crippen LogP contribution >= 0.6 is 11.6 Å². The van der Waals surface area contributed by atoms with Gasteiger partial charge < -0.3 is 10.0 Å². The Kier molecular flexibility index (Phi) is 4.00. The minimum absolute atomic E-state index is 0.0303. The van der Waals surface area contributed by atoms with Gasteiger partial charge in [0.1, 0.15) is 5.75 Å². The highest BCUT2D eigenvalue weighted by molar-refractivity contribution is 6.32. The molecule has 0 aliphatic rings. The molecule has 4 heteroatoms. The predicted octanol–water partition coefficient (Wildman–Crippen LogP) is 3.94. The number of phenolic OH excluding ortho intramolecular Hbond substituents is 1. The molecule has 20 heavy (non-hydrogen) atoms. The first-order chi connectivity index (χ1) is 9.38. The van der Waals surface area contributed by atoms with Gasteiger partial charge in [-0.25, -0.2) is 0 Å². The summed E-state index contributed by atoms with van der Waals surface area (Å²) >= 11 is 5.84. The van der Waals surface area contributed by atoms with Gasteiger partial charge in [0.25, 0.3) is 5.91 Å². The predicted molar refractivity (Wildman–Crippen MR) is 81.8 cm³/mol. The van der Waals surface area contributed by atoms with Crippen LogP contribution in [0.15, 0.2) is 36.4 Å². The summed E-state index contributed by atoms with van der Waals surface area (Å²) in [4.78, 5) is 14.0. The smallest absolute Gasteiger partial charge is 0.258 e. The Balaban J connectivity index is 2.34. The van der Waals surface area contributed by atoms with Gasteiger partial charge in [-0.05, 0) is 55.3 Å². The molecule has 0 aliphatic heterocycles. The number of carbonyl (C=O) groups is 1. The monoisotopic (exact) mass is 289 g/mol. The molecule has 2 rings (SSSR count). The highest BCUT2D eigenvalue weighted by Crippen LogP contribution is 2.25. The van der Waals surface area contributed by atoms with E-state index < -0.39 is 0 Å². The fourth-order valence-electron chi connectivity index (χ4n) is 2.10. The van der Waals surface area contributed by atoms with Crippen molar-refractivity contribution >= 4 is 23.2 Å². The van der Waals surface area contributed by atoms with E-state index in [-0.39, 0.29) is 16.7 Å². The lowest BCUT2D eigenvalue weighted by atomic mass is 10.1. The van der Waals surface area contributed by atoms with Crippen molar-refractivity contribution in [3.05, 3.63) is 58.1 Å². The van der Waals surface area contributed by atoms with E-state index in [0.717, 1.165) is 16.8 Å². The van der Waals surface area contributed by atoms with Crippen molar-refractivity contribution in [3.63, 3.8) is 0 Å². The molecule has 0 aromatic heterocycles. The van der Waals surface area contributed by atoms with Crippen molar-refractivity contribution in [3.8, 4) is 5.75 Å². The minimum Gasteiger partial charge on any atom is -0.506 e. The molecule has 1 amide bonds. The Morgan fingerprint density at radius 3 is 2.25 bits per heavy atom. The van der Waals surface area contributed by atoms with Crippen molar-refractivity contribution in [2.45, 2.75) is 13.8 Å². The van der Waals surface area contributed by atoms with Gasteiger partial charge in [-0.1, -0.05) is 17.7 Å². The molecule has 1 N–H and O–H groups in total. The second-order valence-corrected chi connectivity index (χ2v) is 5.28. The van der Waals surface area contributed by atoms with Crippen molar-refractivity contribution in [2.24, 2.45) is 0 Å². The zero-order valence-electron chi connectivity index (χ0n) is 11.6. The number of phenols is 1. The van der Waals surface area contributed by atoms with Crippen LogP contribution in [0.3, 0.4) is 0 Å². The SMILES string of the molecule is Cc1cc(C)cc(N(C)C(=O)c2ccc(O)c(Cl)c2)c1. The van der Waals surface area contributed by atoms with Gasteiger partial charge >= 0.3 is 0 Å². The summed E-state index contributed by atoms with van der Waals surface area (Å²) in [6.45, 7) is 3.98. The van der Waals surface area contributed by atoms with E-state index in [1.807, 2.05) is 26.0 Å². The fourth-order valence-corrected chi connectivity index (χ4v) is 2.28. The van der Waals surface area contributed by atoms with Crippen LogP contribution in [0.5, 0.6) is 5.75 Å². The second-order valence-electron chi connectivity index (χ2n) is 4.88. The van der Waals surface area contributed by atoms with E-state index in [1.54, 1.807) is 18.0 Å². The Labute approximate surface area is 123 Å². The average molecular weight is 290 g/mol. The highest BCUT2D eigenvalue weighted by atomic mass is 35.5. The number of amides is 1. The quantitative estimate of drug-likeness (QED) is 0.910. The van der Waals surface area contributed by atoms with Gasteiger partial charge in [0.05, 0.1) is 5.02 Å². The molecule has 2 aromatic rings. The number of nitrogens with zero attached hydrogens (tertiary/aromatic N) is 1. The molecule has 0 unspecified atom stereocenters. The maximum atomic E-state index is 12.4. The summed E-state index contributed by atoms with van der Waals surface area (Å²) in [6, 6.07) is 10.4. The molecular weight excluding hydrogens is 274 g/mol. The van der Waals surface area contributed by atoms with Crippen LogP contribution in [-0.4, -0.2) is 18.1 Å². The first-order valence-electron chi connectivity index (χ1n) is 6.23. The molecule has 2 aromatic carbocycles. The van der Waals surface area contributed by atoms with Crippen molar-refractivity contribution in [1.29, 1.82) is 0 Å². The lowest BCUT2D eigenvalue weighted by Crippen LogP contribution is -2.26. The highest BCUT2D eigenvalue weighted by Gasteiger charge is 2.15. The zero-order chi connectivity index (χ0) is 14.9.